The van der Waals surface area contributed by atoms with Crippen molar-refractivity contribution in [3.8, 4) is 0 Å². The second kappa shape index (κ2) is 9.22. The van der Waals surface area contributed by atoms with Gasteiger partial charge >= 0.3 is 12.4 Å². The molecule has 0 atom stereocenters. The Bertz CT molecular complexity index is 1200. The number of hydrogen-bond acceptors (Lipinski definition) is 4. The highest BCUT2D eigenvalue weighted by atomic mass is 19.4. The van der Waals surface area contributed by atoms with Crippen molar-refractivity contribution in [3.05, 3.63) is 75.2 Å². The lowest BCUT2D eigenvalue weighted by atomic mass is 10.0. The number of halogens is 6. The molecule has 0 radical (unpaired) electrons. The predicted molar refractivity (Wildman–Crippen MR) is 105 cm³/mol. The molecule has 0 fully saturated rings. The third-order valence-corrected chi connectivity index (χ3v) is 4.72. The van der Waals surface area contributed by atoms with E-state index in [9.17, 15) is 35.9 Å². The molecule has 0 bridgehead atoms. The van der Waals surface area contributed by atoms with Crippen molar-refractivity contribution in [2.75, 3.05) is 13.7 Å². The molecule has 0 aliphatic carbocycles. The van der Waals surface area contributed by atoms with Gasteiger partial charge in [-0.2, -0.15) is 31.4 Å². The fraction of sp³-hybridized carbons (Fsp3) is 0.286. The van der Waals surface area contributed by atoms with Crippen LogP contribution in [0.5, 0.6) is 0 Å². The van der Waals surface area contributed by atoms with Gasteiger partial charge in [0.25, 0.3) is 11.5 Å². The van der Waals surface area contributed by atoms with Crippen molar-refractivity contribution in [2.24, 2.45) is 0 Å². The van der Waals surface area contributed by atoms with Crippen LogP contribution in [-0.4, -0.2) is 29.4 Å². The zero-order valence-corrected chi connectivity index (χ0v) is 17.0. The van der Waals surface area contributed by atoms with Crippen LogP contribution in [0.3, 0.4) is 0 Å². The van der Waals surface area contributed by atoms with Gasteiger partial charge in [-0.1, -0.05) is 18.2 Å². The molecule has 0 unspecified atom stereocenters. The number of methoxy groups -OCH3 is 1. The maximum absolute atomic E-state index is 13.1. The molecule has 1 heterocycles. The molecule has 3 rings (SSSR count). The van der Waals surface area contributed by atoms with E-state index in [-0.39, 0.29) is 36.8 Å². The Balaban J connectivity index is 1.95. The molecular formula is C21H17F6N3O3. The van der Waals surface area contributed by atoms with Crippen LogP contribution in [-0.2, 0) is 30.2 Å². The van der Waals surface area contributed by atoms with Crippen LogP contribution >= 0.6 is 0 Å². The number of hydrogen-bond donors (Lipinski definition) is 1. The SMILES string of the molecule is COCCn1nc(CNC(=O)c2cc(C(F)(F)F)cc(C(F)(F)F)c2)c2ccccc2c1=O. The molecule has 1 aromatic heterocycles. The highest BCUT2D eigenvalue weighted by Crippen LogP contribution is 2.36. The van der Waals surface area contributed by atoms with Crippen LogP contribution in [0.2, 0.25) is 0 Å². The lowest BCUT2D eigenvalue weighted by Crippen LogP contribution is -2.30. The molecule has 0 aliphatic rings. The average molecular weight is 473 g/mol. The number of benzene rings is 2. The molecule has 12 heteroatoms. The Hall–Kier alpha value is -3.41. The topological polar surface area (TPSA) is 73.2 Å². The Kier molecular flexibility index (Phi) is 6.77. The minimum atomic E-state index is -5.08. The lowest BCUT2D eigenvalue weighted by Gasteiger charge is -2.15. The van der Waals surface area contributed by atoms with Gasteiger partial charge in [0.05, 0.1) is 41.9 Å². The van der Waals surface area contributed by atoms with E-state index in [4.69, 9.17) is 4.74 Å². The third-order valence-electron chi connectivity index (χ3n) is 4.72. The third kappa shape index (κ3) is 5.51. The van der Waals surface area contributed by atoms with Gasteiger partial charge in [-0.05, 0) is 24.3 Å². The minimum absolute atomic E-state index is 0.0580. The Morgan fingerprint density at radius 1 is 1.00 bits per heavy atom. The fourth-order valence-corrected chi connectivity index (χ4v) is 3.12. The first-order valence-corrected chi connectivity index (χ1v) is 9.47. The van der Waals surface area contributed by atoms with E-state index in [0.29, 0.717) is 17.5 Å². The minimum Gasteiger partial charge on any atom is -0.383 e. The quantitative estimate of drug-likeness (QED) is 0.550. The number of carbonyl (C=O) groups excluding carboxylic acids is 1. The summed E-state index contributed by atoms with van der Waals surface area (Å²) in [5, 5.41) is 7.12. The first-order valence-electron chi connectivity index (χ1n) is 9.47. The number of amides is 1. The number of fused-ring (bicyclic) bond motifs is 1. The summed E-state index contributed by atoms with van der Waals surface area (Å²) in [4.78, 5) is 25.0. The van der Waals surface area contributed by atoms with Gasteiger partial charge in [-0.3, -0.25) is 9.59 Å². The van der Waals surface area contributed by atoms with E-state index < -0.39 is 40.5 Å². The average Bonchev–Trinajstić information content (AvgIpc) is 2.76. The van der Waals surface area contributed by atoms with Crippen LogP contribution in [0.25, 0.3) is 10.8 Å². The van der Waals surface area contributed by atoms with Crippen LogP contribution in [0.4, 0.5) is 26.3 Å². The molecule has 0 spiro atoms. The summed E-state index contributed by atoms with van der Waals surface area (Å²) < 4.78 is 84.4. The maximum atomic E-state index is 13.1. The van der Waals surface area contributed by atoms with Crippen molar-refractivity contribution in [1.29, 1.82) is 0 Å². The first kappa shape index (κ1) is 24.2. The van der Waals surface area contributed by atoms with Crippen LogP contribution in [0.1, 0.15) is 27.2 Å². The predicted octanol–water partition coefficient (Wildman–Crippen LogP) is 4.01. The number of rotatable bonds is 6. The van der Waals surface area contributed by atoms with E-state index in [1.807, 2.05) is 0 Å². The summed E-state index contributed by atoms with van der Waals surface area (Å²) >= 11 is 0. The van der Waals surface area contributed by atoms with Crippen molar-refractivity contribution in [3.63, 3.8) is 0 Å². The molecule has 6 nitrogen and oxygen atoms in total. The summed E-state index contributed by atoms with van der Waals surface area (Å²) in [6, 6.07) is 6.97. The molecule has 1 amide bonds. The Morgan fingerprint density at radius 2 is 1.58 bits per heavy atom. The van der Waals surface area contributed by atoms with Crippen molar-refractivity contribution in [1.82, 2.24) is 15.1 Å². The zero-order chi connectivity index (χ0) is 24.4. The van der Waals surface area contributed by atoms with Gasteiger partial charge in [0, 0.05) is 18.1 Å². The molecule has 33 heavy (non-hydrogen) atoms. The van der Waals surface area contributed by atoms with Gasteiger partial charge in [-0.25, -0.2) is 4.68 Å². The molecule has 1 N–H and O–H groups in total. The number of alkyl halides is 6. The Morgan fingerprint density at radius 3 is 2.12 bits per heavy atom. The largest absolute Gasteiger partial charge is 0.416 e. The summed E-state index contributed by atoms with van der Waals surface area (Å²) in [6.45, 7) is -0.0740. The van der Waals surface area contributed by atoms with Crippen LogP contribution in [0, 0.1) is 0 Å². The van der Waals surface area contributed by atoms with E-state index >= 15 is 0 Å². The normalized spacial score (nSPS) is 12.2. The number of aromatic nitrogens is 2. The molecule has 2 aromatic carbocycles. The highest BCUT2D eigenvalue weighted by molar-refractivity contribution is 5.95. The number of carbonyl (C=O) groups is 1. The zero-order valence-electron chi connectivity index (χ0n) is 17.0. The van der Waals surface area contributed by atoms with Crippen molar-refractivity contribution >= 4 is 16.7 Å². The number of nitrogens with one attached hydrogen (secondary N) is 1. The van der Waals surface area contributed by atoms with Gasteiger partial charge < -0.3 is 10.1 Å². The maximum Gasteiger partial charge on any atom is 0.416 e. The summed E-state index contributed by atoms with van der Waals surface area (Å²) in [5.41, 5.74) is -4.21. The van der Waals surface area contributed by atoms with E-state index in [0.717, 1.165) is 4.68 Å². The summed E-state index contributed by atoms with van der Waals surface area (Å²) in [5.74, 6) is -1.16. The second-order valence-corrected chi connectivity index (χ2v) is 6.99. The van der Waals surface area contributed by atoms with Crippen LogP contribution < -0.4 is 10.9 Å². The van der Waals surface area contributed by atoms with E-state index in [2.05, 4.69) is 10.4 Å². The standard InChI is InChI=1S/C21H17F6N3O3/c1-33-7-6-30-19(32)16-5-3-2-4-15(16)17(29-30)11-28-18(31)12-8-13(20(22,23)24)10-14(9-12)21(25,26)27/h2-5,8-10H,6-7,11H2,1H3,(H,28,31). The van der Waals surface area contributed by atoms with Crippen molar-refractivity contribution < 1.29 is 35.9 Å². The highest BCUT2D eigenvalue weighted by Gasteiger charge is 2.37. The summed E-state index contributed by atoms with van der Waals surface area (Å²) in [6.07, 6.45) is -10.2. The smallest absolute Gasteiger partial charge is 0.383 e. The Labute approximate surface area is 182 Å². The molecule has 176 valence electrons. The van der Waals surface area contributed by atoms with Gasteiger partial charge in [0.2, 0.25) is 0 Å². The van der Waals surface area contributed by atoms with Gasteiger partial charge in [0.1, 0.15) is 0 Å². The molecule has 0 aliphatic heterocycles. The number of nitrogens with zero attached hydrogens (tertiary/aromatic N) is 2. The van der Waals surface area contributed by atoms with E-state index in [1.54, 1.807) is 18.2 Å². The molecular weight excluding hydrogens is 456 g/mol. The van der Waals surface area contributed by atoms with Gasteiger partial charge in [0.15, 0.2) is 0 Å². The first-order chi connectivity index (χ1) is 15.4. The molecule has 0 saturated carbocycles. The second-order valence-electron chi connectivity index (χ2n) is 6.99. The van der Waals surface area contributed by atoms with Crippen molar-refractivity contribution in [2.45, 2.75) is 25.4 Å². The van der Waals surface area contributed by atoms with Crippen LogP contribution in [0.15, 0.2) is 47.3 Å². The monoisotopic (exact) mass is 473 g/mol. The van der Waals surface area contributed by atoms with E-state index in [1.165, 1.54) is 13.2 Å². The molecule has 0 saturated heterocycles. The summed E-state index contributed by atoms with van der Waals surface area (Å²) in [7, 11) is 1.43. The number of ether oxygens (including phenoxy) is 1. The lowest BCUT2D eigenvalue weighted by molar-refractivity contribution is -0.143. The van der Waals surface area contributed by atoms with Gasteiger partial charge in [-0.15, -0.1) is 0 Å². The molecule has 3 aromatic rings. The fourth-order valence-electron chi connectivity index (χ4n) is 3.12.